The predicted octanol–water partition coefficient (Wildman–Crippen LogP) is 19.3. The molecule has 0 aliphatic heterocycles. The number of allylic oxidation sites excluding steroid dienone is 16. The van der Waals surface area contributed by atoms with Gasteiger partial charge in [0.2, 0.25) is 0 Å². The molecule has 0 amide bonds. The highest BCUT2D eigenvalue weighted by Crippen LogP contribution is 2.15. The van der Waals surface area contributed by atoms with Crippen LogP contribution in [0, 0.1) is 0 Å². The second-order valence-corrected chi connectivity index (χ2v) is 18.8. The van der Waals surface area contributed by atoms with Crippen LogP contribution in [0.15, 0.2) is 97.2 Å². The average Bonchev–Trinajstić information content (AvgIpc) is 3.35. The molecular formula is C63H106O6. The highest BCUT2D eigenvalue weighted by molar-refractivity contribution is 5.71. The van der Waals surface area contributed by atoms with Crippen molar-refractivity contribution in [1.29, 1.82) is 0 Å². The summed E-state index contributed by atoms with van der Waals surface area (Å²) in [6.07, 6.45) is 75.5. The van der Waals surface area contributed by atoms with Gasteiger partial charge in [-0.25, -0.2) is 0 Å². The monoisotopic (exact) mass is 959 g/mol. The normalized spacial score (nSPS) is 12.8. The van der Waals surface area contributed by atoms with Crippen LogP contribution in [-0.4, -0.2) is 37.2 Å². The summed E-state index contributed by atoms with van der Waals surface area (Å²) in [5, 5.41) is 0. The van der Waals surface area contributed by atoms with Crippen LogP contribution in [0.25, 0.3) is 0 Å². The molecule has 0 unspecified atom stereocenters. The first-order valence-electron chi connectivity index (χ1n) is 28.7. The third-order valence-electron chi connectivity index (χ3n) is 12.1. The van der Waals surface area contributed by atoms with Gasteiger partial charge in [0.1, 0.15) is 13.2 Å². The van der Waals surface area contributed by atoms with E-state index in [1.165, 1.54) is 141 Å². The number of carbonyl (C=O) groups excluding carboxylic acids is 3. The van der Waals surface area contributed by atoms with Crippen molar-refractivity contribution in [3.8, 4) is 0 Å². The Labute approximate surface area is 426 Å². The standard InChI is InChI=1S/C63H106O6/c1-4-7-10-13-16-19-22-25-28-30-31-33-35-38-41-44-47-50-53-56-62(65)68-59-60(58-67-61(64)55-52-49-46-43-40-37-34-27-24-21-18-15-12-9-6-3)69-63(66)57-54-51-48-45-42-39-36-32-29-26-23-20-17-14-11-8-5-2/h16,18-19,21,25,27-28,31,33-34,38,40-41,43,47,50,60H,4-15,17,20,22-24,26,29-30,32,35-37,39,42,44-46,48-49,51-59H2,1-3H3/b19-16-,21-18-,28-25-,33-31-,34-27-,41-38-,43-40-,50-47-/t60-/m0/s1. The van der Waals surface area contributed by atoms with Crippen LogP contribution in [0.2, 0.25) is 0 Å². The van der Waals surface area contributed by atoms with Crippen LogP contribution >= 0.6 is 0 Å². The quantitative estimate of drug-likeness (QED) is 0.0262. The van der Waals surface area contributed by atoms with Gasteiger partial charge in [0, 0.05) is 19.3 Å². The van der Waals surface area contributed by atoms with Crippen LogP contribution in [0.1, 0.15) is 265 Å². The summed E-state index contributed by atoms with van der Waals surface area (Å²) in [5.74, 6) is -1.03. The molecule has 0 N–H and O–H groups in total. The van der Waals surface area contributed by atoms with Gasteiger partial charge >= 0.3 is 17.9 Å². The first-order valence-corrected chi connectivity index (χ1v) is 28.7. The molecule has 0 heterocycles. The molecule has 0 aromatic carbocycles. The van der Waals surface area contributed by atoms with E-state index in [1.807, 2.05) is 6.08 Å². The molecule has 0 radical (unpaired) electrons. The van der Waals surface area contributed by atoms with Gasteiger partial charge in [-0.1, -0.05) is 246 Å². The third-order valence-corrected chi connectivity index (χ3v) is 12.1. The third kappa shape index (κ3) is 55.1. The Morgan fingerprint density at radius 2 is 0.551 bits per heavy atom. The van der Waals surface area contributed by atoms with Crippen LogP contribution in [0.3, 0.4) is 0 Å². The predicted molar refractivity (Wildman–Crippen MR) is 297 cm³/mol. The molecular weight excluding hydrogens is 853 g/mol. The van der Waals surface area contributed by atoms with Crippen LogP contribution in [0.5, 0.6) is 0 Å². The van der Waals surface area contributed by atoms with Gasteiger partial charge in [-0.3, -0.25) is 14.4 Å². The SMILES string of the molecule is CCCCC/C=C\C/C=C\C/C=C\C/C=C\C/C=C\CCC(=O)OC[C@H](COC(=O)CCCC/C=C\C/C=C\C/C=C\CCCCC)OC(=O)CCCCCCCCCCCCCCCCCCC. The maximum Gasteiger partial charge on any atom is 0.306 e. The summed E-state index contributed by atoms with van der Waals surface area (Å²) in [7, 11) is 0. The zero-order valence-corrected chi connectivity index (χ0v) is 45.0. The largest absolute Gasteiger partial charge is 0.462 e. The van der Waals surface area contributed by atoms with E-state index in [0.29, 0.717) is 19.3 Å². The summed E-state index contributed by atoms with van der Waals surface area (Å²) in [5.41, 5.74) is 0. The van der Waals surface area contributed by atoms with E-state index >= 15 is 0 Å². The lowest BCUT2D eigenvalue weighted by molar-refractivity contribution is -0.166. The summed E-state index contributed by atoms with van der Waals surface area (Å²) in [6, 6.07) is 0. The number of unbranched alkanes of at least 4 members (excludes halogenated alkanes) is 24. The molecule has 0 aliphatic carbocycles. The first-order chi connectivity index (χ1) is 34.0. The number of ether oxygens (including phenoxy) is 3. The Kier molecular flexibility index (Phi) is 53.9. The van der Waals surface area contributed by atoms with Crippen LogP contribution < -0.4 is 0 Å². The van der Waals surface area contributed by atoms with E-state index in [2.05, 4.69) is 112 Å². The van der Waals surface area contributed by atoms with Crippen molar-refractivity contribution in [2.75, 3.05) is 13.2 Å². The van der Waals surface area contributed by atoms with Gasteiger partial charge in [-0.05, 0) is 96.3 Å². The molecule has 0 rings (SSSR count). The summed E-state index contributed by atoms with van der Waals surface area (Å²) < 4.78 is 16.8. The van der Waals surface area contributed by atoms with E-state index in [-0.39, 0.29) is 37.5 Å². The van der Waals surface area contributed by atoms with Crippen LogP contribution in [-0.2, 0) is 28.6 Å². The number of esters is 3. The molecule has 0 bridgehead atoms. The highest BCUT2D eigenvalue weighted by Gasteiger charge is 2.19. The Hall–Kier alpha value is -3.67. The molecule has 1 atom stereocenters. The molecule has 0 spiro atoms. The Balaban J connectivity index is 4.54. The van der Waals surface area contributed by atoms with Crippen molar-refractivity contribution in [2.24, 2.45) is 0 Å². The summed E-state index contributed by atoms with van der Waals surface area (Å²) in [4.78, 5) is 38.1. The number of carbonyl (C=O) groups is 3. The van der Waals surface area contributed by atoms with Gasteiger partial charge in [0.05, 0.1) is 0 Å². The van der Waals surface area contributed by atoms with Gasteiger partial charge in [0.15, 0.2) is 6.10 Å². The lowest BCUT2D eigenvalue weighted by Gasteiger charge is -2.18. The lowest BCUT2D eigenvalue weighted by Crippen LogP contribution is -2.30. The topological polar surface area (TPSA) is 78.9 Å². The maximum absolute atomic E-state index is 12.9. The smallest absolute Gasteiger partial charge is 0.306 e. The minimum absolute atomic E-state index is 0.119. The van der Waals surface area contributed by atoms with Gasteiger partial charge in [-0.2, -0.15) is 0 Å². The van der Waals surface area contributed by atoms with E-state index in [1.54, 1.807) is 0 Å². The van der Waals surface area contributed by atoms with Crippen molar-refractivity contribution in [1.82, 2.24) is 0 Å². The molecule has 0 aromatic heterocycles. The molecule has 0 aliphatic rings. The average molecular weight is 960 g/mol. The van der Waals surface area contributed by atoms with Crippen molar-refractivity contribution in [3.63, 3.8) is 0 Å². The fourth-order valence-electron chi connectivity index (χ4n) is 7.73. The highest BCUT2D eigenvalue weighted by atomic mass is 16.6. The molecule has 6 heteroatoms. The number of hydrogen-bond donors (Lipinski definition) is 0. The minimum Gasteiger partial charge on any atom is -0.462 e. The fourth-order valence-corrected chi connectivity index (χ4v) is 7.73. The zero-order valence-electron chi connectivity index (χ0n) is 45.0. The van der Waals surface area contributed by atoms with Gasteiger partial charge in [0.25, 0.3) is 0 Å². The molecule has 6 nitrogen and oxygen atoms in total. The summed E-state index contributed by atoms with van der Waals surface area (Å²) >= 11 is 0. The van der Waals surface area contributed by atoms with Crippen molar-refractivity contribution in [3.05, 3.63) is 97.2 Å². The second kappa shape index (κ2) is 56.9. The zero-order chi connectivity index (χ0) is 50.0. The second-order valence-electron chi connectivity index (χ2n) is 18.8. The van der Waals surface area contributed by atoms with Gasteiger partial charge in [-0.15, -0.1) is 0 Å². The van der Waals surface area contributed by atoms with Crippen LogP contribution in [0.4, 0.5) is 0 Å². The molecule has 394 valence electrons. The molecule has 0 saturated carbocycles. The molecule has 0 saturated heterocycles. The summed E-state index contributed by atoms with van der Waals surface area (Å²) in [6.45, 7) is 6.50. The van der Waals surface area contributed by atoms with Gasteiger partial charge < -0.3 is 14.2 Å². The maximum atomic E-state index is 12.9. The Bertz CT molecular complexity index is 1380. The van der Waals surface area contributed by atoms with Crippen molar-refractivity contribution >= 4 is 17.9 Å². The van der Waals surface area contributed by atoms with E-state index in [0.717, 1.165) is 77.0 Å². The van der Waals surface area contributed by atoms with Crippen molar-refractivity contribution in [2.45, 2.75) is 271 Å². The van der Waals surface area contributed by atoms with E-state index < -0.39 is 6.10 Å². The number of hydrogen-bond acceptors (Lipinski definition) is 6. The Morgan fingerprint density at radius 3 is 0.928 bits per heavy atom. The van der Waals surface area contributed by atoms with E-state index in [9.17, 15) is 14.4 Å². The molecule has 0 fully saturated rings. The first kappa shape index (κ1) is 65.3. The van der Waals surface area contributed by atoms with E-state index in [4.69, 9.17) is 14.2 Å². The van der Waals surface area contributed by atoms with Crippen molar-refractivity contribution < 1.29 is 28.6 Å². The lowest BCUT2D eigenvalue weighted by atomic mass is 10.0. The Morgan fingerprint density at radius 1 is 0.290 bits per heavy atom. The minimum atomic E-state index is -0.822. The fraction of sp³-hybridized carbons (Fsp3) is 0.698. The number of rotatable bonds is 51. The molecule has 69 heavy (non-hydrogen) atoms. The molecule has 0 aromatic rings.